The van der Waals surface area contributed by atoms with Crippen LogP contribution in [0.2, 0.25) is 0 Å². The van der Waals surface area contributed by atoms with Crippen LogP contribution in [-0.4, -0.2) is 26.8 Å². The Morgan fingerprint density at radius 3 is 2.70 bits per heavy atom. The van der Waals surface area contributed by atoms with Gasteiger partial charge in [0.2, 0.25) is 5.09 Å². The van der Waals surface area contributed by atoms with Crippen LogP contribution in [0, 0.1) is 0 Å². The lowest BCUT2D eigenvalue weighted by molar-refractivity contribution is 0.383. The highest BCUT2D eigenvalue weighted by Gasteiger charge is 2.21. The Labute approximate surface area is 123 Å². The highest BCUT2D eigenvalue weighted by Crippen LogP contribution is 2.20. The lowest BCUT2D eigenvalue weighted by atomic mass is 10.2. The van der Waals surface area contributed by atoms with Gasteiger partial charge < -0.3 is 9.73 Å². The summed E-state index contributed by atoms with van der Waals surface area (Å²) in [5, 5.41) is 5.31. The number of thiophene rings is 1. The third-order valence-corrected chi connectivity index (χ3v) is 5.67. The Kier molecular flexibility index (Phi) is 4.64. The first kappa shape index (κ1) is 15.2. The van der Waals surface area contributed by atoms with E-state index < -0.39 is 10.0 Å². The van der Waals surface area contributed by atoms with Gasteiger partial charge in [-0.25, -0.2) is 12.7 Å². The summed E-state index contributed by atoms with van der Waals surface area (Å²) in [7, 11) is -0.535. The fourth-order valence-corrected chi connectivity index (χ4v) is 3.23. The van der Waals surface area contributed by atoms with Crippen molar-refractivity contribution in [2.24, 2.45) is 0 Å². The maximum Gasteiger partial charge on any atom is 0.275 e. The molecule has 110 valence electrons. The van der Waals surface area contributed by atoms with E-state index in [4.69, 9.17) is 4.42 Å². The Hall–Kier alpha value is -1.15. The summed E-state index contributed by atoms with van der Waals surface area (Å²) in [6.45, 7) is 2.55. The molecule has 2 rings (SSSR count). The van der Waals surface area contributed by atoms with Crippen LogP contribution >= 0.6 is 11.3 Å². The second kappa shape index (κ2) is 6.09. The van der Waals surface area contributed by atoms with E-state index in [0.717, 1.165) is 4.31 Å². The van der Waals surface area contributed by atoms with E-state index in [0.29, 0.717) is 12.3 Å². The molecule has 0 aromatic carbocycles. The number of rotatable bonds is 6. The summed E-state index contributed by atoms with van der Waals surface area (Å²) in [6, 6.07) is 7.44. The first-order valence-electron chi connectivity index (χ1n) is 6.19. The zero-order valence-corrected chi connectivity index (χ0v) is 13.3. The van der Waals surface area contributed by atoms with Crippen LogP contribution in [-0.2, 0) is 16.6 Å². The van der Waals surface area contributed by atoms with Crippen LogP contribution in [0.5, 0.6) is 0 Å². The minimum absolute atomic E-state index is 0.0249. The van der Waals surface area contributed by atoms with Crippen molar-refractivity contribution < 1.29 is 12.8 Å². The SMILES string of the molecule is C[C@@H](NCc1ccc(S(=O)(=O)N(C)C)o1)c1cccs1. The van der Waals surface area contributed by atoms with Crippen molar-refractivity contribution in [1.29, 1.82) is 0 Å². The van der Waals surface area contributed by atoms with Gasteiger partial charge in [-0.15, -0.1) is 11.3 Å². The van der Waals surface area contributed by atoms with Gasteiger partial charge in [0.25, 0.3) is 10.0 Å². The predicted molar refractivity (Wildman–Crippen MR) is 79.2 cm³/mol. The summed E-state index contributed by atoms with van der Waals surface area (Å²) in [5.74, 6) is 0.605. The molecule has 0 aliphatic rings. The lowest BCUT2D eigenvalue weighted by Gasteiger charge is -2.11. The normalized spacial score (nSPS) is 13.8. The Balaban J connectivity index is 2.00. The summed E-state index contributed by atoms with van der Waals surface area (Å²) in [4.78, 5) is 1.23. The summed E-state index contributed by atoms with van der Waals surface area (Å²) >= 11 is 1.68. The van der Waals surface area contributed by atoms with Crippen molar-refractivity contribution >= 4 is 21.4 Å². The van der Waals surface area contributed by atoms with Gasteiger partial charge in [0.1, 0.15) is 5.76 Å². The first-order chi connectivity index (χ1) is 9.41. The van der Waals surface area contributed by atoms with Crippen LogP contribution < -0.4 is 5.32 Å². The van der Waals surface area contributed by atoms with Crippen LogP contribution in [0.1, 0.15) is 23.6 Å². The molecule has 7 heteroatoms. The molecule has 0 bridgehead atoms. The van der Waals surface area contributed by atoms with Gasteiger partial charge in [0.15, 0.2) is 0 Å². The number of sulfonamides is 1. The van der Waals surface area contributed by atoms with Crippen LogP contribution in [0.3, 0.4) is 0 Å². The largest absolute Gasteiger partial charge is 0.447 e. The van der Waals surface area contributed by atoms with E-state index in [9.17, 15) is 8.42 Å². The van der Waals surface area contributed by atoms with Gasteiger partial charge in [-0.05, 0) is 30.5 Å². The van der Waals surface area contributed by atoms with Gasteiger partial charge in [0.05, 0.1) is 6.54 Å². The van der Waals surface area contributed by atoms with Crippen molar-refractivity contribution in [3.8, 4) is 0 Å². The third-order valence-electron chi connectivity index (χ3n) is 2.92. The van der Waals surface area contributed by atoms with E-state index in [1.165, 1.54) is 25.0 Å². The van der Waals surface area contributed by atoms with Gasteiger partial charge in [-0.2, -0.15) is 0 Å². The average molecular weight is 314 g/mol. The number of nitrogens with zero attached hydrogens (tertiary/aromatic N) is 1. The predicted octanol–water partition coefficient (Wildman–Crippen LogP) is 2.44. The second-order valence-electron chi connectivity index (χ2n) is 4.63. The Morgan fingerprint density at radius 2 is 2.10 bits per heavy atom. The molecule has 0 fully saturated rings. The topological polar surface area (TPSA) is 62.6 Å². The van der Waals surface area contributed by atoms with Crippen molar-refractivity contribution in [1.82, 2.24) is 9.62 Å². The van der Waals surface area contributed by atoms with E-state index in [-0.39, 0.29) is 11.1 Å². The van der Waals surface area contributed by atoms with Crippen molar-refractivity contribution in [3.05, 3.63) is 40.3 Å². The van der Waals surface area contributed by atoms with Gasteiger partial charge in [-0.3, -0.25) is 0 Å². The number of hydrogen-bond acceptors (Lipinski definition) is 5. The maximum absolute atomic E-state index is 11.9. The standard InChI is InChI=1S/C13H18N2O3S2/c1-10(12-5-4-8-19-12)14-9-11-6-7-13(18-11)20(16,17)15(2)3/h4-8,10,14H,9H2,1-3H3/t10-/m1/s1. The molecule has 5 nitrogen and oxygen atoms in total. The highest BCUT2D eigenvalue weighted by atomic mass is 32.2. The van der Waals surface area contributed by atoms with E-state index >= 15 is 0 Å². The molecule has 0 aliphatic heterocycles. The Bertz CT molecular complexity index is 645. The molecule has 0 amide bonds. The number of furan rings is 1. The molecule has 0 saturated carbocycles. The molecule has 1 N–H and O–H groups in total. The minimum atomic E-state index is -3.50. The zero-order valence-electron chi connectivity index (χ0n) is 11.7. The van der Waals surface area contributed by atoms with E-state index in [2.05, 4.69) is 18.3 Å². The maximum atomic E-state index is 11.9. The minimum Gasteiger partial charge on any atom is -0.447 e. The second-order valence-corrected chi connectivity index (χ2v) is 7.69. The lowest BCUT2D eigenvalue weighted by Crippen LogP contribution is -2.21. The van der Waals surface area contributed by atoms with Crippen molar-refractivity contribution in [2.45, 2.75) is 24.6 Å². The molecule has 0 aliphatic carbocycles. The first-order valence-corrected chi connectivity index (χ1v) is 8.51. The molecular formula is C13H18N2O3S2. The molecule has 20 heavy (non-hydrogen) atoms. The molecule has 2 aromatic heterocycles. The van der Waals surface area contributed by atoms with Crippen LogP contribution in [0.25, 0.3) is 0 Å². The summed E-state index contributed by atoms with van der Waals surface area (Å²) in [6.07, 6.45) is 0. The monoisotopic (exact) mass is 314 g/mol. The van der Waals surface area contributed by atoms with E-state index in [1.54, 1.807) is 17.4 Å². The molecule has 1 atom stereocenters. The molecule has 0 saturated heterocycles. The molecule has 2 aromatic rings. The van der Waals surface area contributed by atoms with Crippen LogP contribution in [0.15, 0.2) is 39.2 Å². The average Bonchev–Trinajstić information content (AvgIpc) is 3.07. The zero-order chi connectivity index (χ0) is 14.8. The molecular weight excluding hydrogens is 296 g/mol. The Morgan fingerprint density at radius 1 is 1.35 bits per heavy atom. The smallest absolute Gasteiger partial charge is 0.275 e. The molecule has 2 heterocycles. The number of nitrogens with one attached hydrogen (secondary N) is 1. The van der Waals surface area contributed by atoms with Gasteiger partial charge >= 0.3 is 0 Å². The van der Waals surface area contributed by atoms with Crippen molar-refractivity contribution in [2.75, 3.05) is 14.1 Å². The highest BCUT2D eigenvalue weighted by molar-refractivity contribution is 7.88. The fraction of sp³-hybridized carbons (Fsp3) is 0.385. The molecule has 0 spiro atoms. The molecule has 0 unspecified atom stereocenters. The van der Waals surface area contributed by atoms with Crippen LogP contribution in [0.4, 0.5) is 0 Å². The quantitative estimate of drug-likeness (QED) is 0.889. The van der Waals surface area contributed by atoms with E-state index in [1.807, 2.05) is 11.4 Å². The fourth-order valence-electron chi connectivity index (χ4n) is 1.66. The van der Waals surface area contributed by atoms with Gasteiger partial charge in [-0.1, -0.05) is 6.07 Å². The van der Waals surface area contributed by atoms with Crippen molar-refractivity contribution in [3.63, 3.8) is 0 Å². The summed E-state index contributed by atoms with van der Waals surface area (Å²) in [5.41, 5.74) is 0. The van der Waals surface area contributed by atoms with Gasteiger partial charge in [0, 0.05) is 25.0 Å². The number of hydrogen-bond donors (Lipinski definition) is 1. The third kappa shape index (κ3) is 3.29. The summed E-state index contributed by atoms with van der Waals surface area (Å²) < 4.78 is 30.3. The molecule has 0 radical (unpaired) electrons.